The van der Waals surface area contributed by atoms with Crippen LogP contribution in [0.4, 0.5) is 0 Å². The number of carbonyl (C=O) groups is 1. The van der Waals surface area contributed by atoms with Gasteiger partial charge in [0.05, 0.1) is 12.8 Å². The molecule has 22 heavy (non-hydrogen) atoms. The van der Waals surface area contributed by atoms with Crippen LogP contribution in [0.5, 0.6) is 0 Å². The van der Waals surface area contributed by atoms with Crippen LogP contribution in [0.2, 0.25) is 10.0 Å². The van der Waals surface area contributed by atoms with Crippen LogP contribution in [0.3, 0.4) is 0 Å². The normalized spacial score (nSPS) is 21.4. The molecule has 1 aromatic heterocycles. The third-order valence-electron chi connectivity index (χ3n) is 3.78. The lowest BCUT2D eigenvalue weighted by Crippen LogP contribution is -2.29. The van der Waals surface area contributed by atoms with Gasteiger partial charge in [0.15, 0.2) is 0 Å². The molecule has 0 spiro atoms. The van der Waals surface area contributed by atoms with Crippen LogP contribution in [0.25, 0.3) is 0 Å². The average Bonchev–Trinajstić information content (AvgIpc) is 3.09. The summed E-state index contributed by atoms with van der Waals surface area (Å²) in [5, 5.41) is 13.8. The zero-order valence-electron chi connectivity index (χ0n) is 11.6. The van der Waals surface area contributed by atoms with Gasteiger partial charge in [-0.2, -0.15) is 0 Å². The van der Waals surface area contributed by atoms with Gasteiger partial charge in [-0.25, -0.2) is 0 Å². The fraction of sp³-hybridized carbons (Fsp3) is 0.312. The number of hydrogen-bond acceptors (Lipinski definition) is 3. The van der Waals surface area contributed by atoms with Crippen LogP contribution < -0.4 is 5.32 Å². The molecule has 1 aliphatic carbocycles. The van der Waals surface area contributed by atoms with E-state index in [1.807, 2.05) is 12.1 Å². The molecule has 0 aliphatic heterocycles. The summed E-state index contributed by atoms with van der Waals surface area (Å²) in [5.74, 6) is 0.399. The smallest absolute Gasteiger partial charge is 0.223 e. The van der Waals surface area contributed by atoms with E-state index in [9.17, 15) is 9.90 Å². The van der Waals surface area contributed by atoms with Gasteiger partial charge in [-0.15, -0.1) is 0 Å². The second-order valence-electron chi connectivity index (χ2n) is 5.43. The van der Waals surface area contributed by atoms with Crippen molar-refractivity contribution in [3.63, 3.8) is 0 Å². The number of hydrogen-bond donors (Lipinski definition) is 2. The Labute approximate surface area is 138 Å². The molecule has 1 heterocycles. The van der Waals surface area contributed by atoms with Crippen LogP contribution in [0.15, 0.2) is 41.0 Å². The Bertz CT molecular complexity index is 652. The molecule has 4 nitrogen and oxygen atoms in total. The van der Waals surface area contributed by atoms with E-state index in [2.05, 4.69) is 5.32 Å². The van der Waals surface area contributed by atoms with Crippen LogP contribution in [-0.4, -0.2) is 17.6 Å². The maximum atomic E-state index is 12.1. The van der Waals surface area contributed by atoms with Crippen molar-refractivity contribution in [1.82, 2.24) is 5.32 Å². The highest BCUT2D eigenvalue weighted by Crippen LogP contribution is 2.48. The van der Waals surface area contributed by atoms with Crippen molar-refractivity contribution >= 4 is 29.1 Å². The van der Waals surface area contributed by atoms with Crippen LogP contribution in [0.1, 0.15) is 29.8 Å². The molecular formula is C16H15Cl2NO3. The largest absolute Gasteiger partial charge is 0.467 e. The third kappa shape index (κ3) is 3.46. The minimum atomic E-state index is -0.836. The summed E-state index contributed by atoms with van der Waals surface area (Å²) < 4.78 is 5.09. The quantitative estimate of drug-likeness (QED) is 0.875. The monoisotopic (exact) mass is 339 g/mol. The lowest BCUT2D eigenvalue weighted by atomic mass is 10.1. The van der Waals surface area contributed by atoms with Crippen LogP contribution in [-0.2, 0) is 4.79 Å². The molecule has 1 aromatic carbocycles. The highest BCUT2D eigenvalue weighted by atomic mass is 35.5. The van der Waals surface area contributed by atoms with Crippen molar-refractivity contribution in [1.29, 1.82) is 0 Å². The maximum absolute atomic E-state index is 12.1. The number of amides is 1. The predicted octanol–water partition coefficient (Wildman–Crippen LogP) is 3.54. The summed E-state index contributed by atoms with van der Waals surface area (Å²) in [6, 6.07) is 8.71. The molecule has 2 aromatic rings. The SMILES string of the molecule is O=C(NC[C@H](O)c1ccco1)[C@@H]1C[C@@H]1c1cc(Cl)cc(Cl)c1. The number of benzene rings is 1. The maximum Gasteiger partial charge on any atom is 0.223 e. The van der Waals surface area contributed by atoms with Gasteiger partial charge in [0.2, 0.25) is 5.91 Å². The average molecular weight is 340 g/mol. The first-order chi connectivity index (χ1) is 10.5. The number of rotatable bonds is 5. The second kappa shape index (κ2) is 6.32. The lowest BCUT2D eigenvalue weighted by Gasteiger charge is -2.09. The number of halogens is 2. The summed E-state index contributed by atoms with van der Waals surface area (Å²) in [6.45, 7) is 0.131. The Morgan fingerprint density at radius 3 is 2.73 bits per heavy atom. The Morgan fingerprint density at radius 2 is 2.09 bits per heavy atom. The van der Waals surface area contributed by atoms with Crippen molar-refractivity contribution in [3.8, 4) is 0 Å². The molecule has 6 heteroatoms. The fourth-order valence-electron chi connectivity index (χ4n) is 2.55. The highest BCUT2D eigenvalue weighted by Gasteiger charge is 2.44. The molecule has 0 saturated heterocycles. The van der Waals surface area contributed by atoms with E-state index in [0.29, 0.717) is 15.8 Å². The Kier molecular flexibility index (Phi) is 4.43. The Balaban J connectivity index is 1.54. The minimum absolute atomic E-state index is 0.0771. The van der Waals surface area contributed by atoms with E-state index in [1.54, 1.807) is 18.2 Å². The second-order valence-corrected chi connectivity index (χ2v) is 6.30. The summed E-state index contributed by atoms with van der Waals surface area (Å²) in [4.78, 5) is 12.1. The van der Waals surface area contributed by atoms with E-state index < -0.39 is 6.10 Å². The standard InChI is InChI=1S/C16H15Cl2NO3/c17-10-4-9(5-11(18)6-10)12-7-13(12)16(21)19-8-14(20)15-2-1-3-22-15/h1-6,12-14,20H,7-8H2,(H,19,21)/t12-,13-,14+/m1/s1. The molecule has 0 unspecified atom stereocenters. The molecule has 3 rings (SSSR count). The molecule has 1 aliphatic rings. The number of aliphatic hydroxyl groups is 1. The van der Waals surface area contributed by atoms with Gasteiger partial charge in [0.25, 0.3) is 0 Å². The molecule has 1 saturated carbocycles. The first-order valence-electron chi connectivity index (χ1n) is 7.00. The van der Waals surface area contributed by atoms with Crippen molar-refractivity contribution < 1.29 is 14.3 Å². The predicted molar refractivity (Wildman–Crippen MR) is 84.0 cm³/mol. The van der Waals surface area contributed by atoms with Gasteiger partial charge in [-0.05, 0) is 48.2 Å². The molecular weight excluding hydrogens is 325 g/mol. The molecule has 0 bridgehead atoms. The van der Waals surface area contributed by atoms with Crippen LogP contribution in [0, 0.1) is 5.92 Å². The summed E-state index contributed by atoms with van der Waals surface area (Å²) in [6.07, 6.45) is 1.41. The van der Waals surface area contributed by atoms with E-state index in [4.69, 9.17) is 27.6 Å². The number of carbonyl (C=O) groups excluding carboxylic acids is 1. The first-order valence-corrected chi connectivity index (χ1v) is 7.75. The molecule has 1 amide bonds. The molecule has 3 atom stereocenters. The van der Waals surface area contributed by atoms with E-state index >= 15 is 0 Å². The fourth-order valence-corrected chi connectivity index (χ4v) is 3.10. The minimum Gasteiger partial charge on any atom is -0.467 e. The highest BCUT2D eigenvalue weighted by molar-refractivity contribution is 6.34. The molecule has 116 valence electrons. The van der Waals surface area contributed by atoms with Gasteiger partial charge < -0.3 is 14.8 Å². The lowest BCUT2D eigenvalue weighted by molar-refractivity contribution is -0.122. The Hall–Kier alpha value is -1.49. The zero-order valence-corrected chi connectivity index (χ0v) is 13.1. The summed E-state index contributed by atoms with van der Waals surface area (Å²) in [7, 11) is 0. The van der Waals surface area contributed by atoms with Crippen molar-refractivity contribution in [2.75, 3.05) is 6.54 Å². The van der Waals surface area contributed by atoms with E-state index in [-0.39, 0.29) is 24.3 Å². The molecule has 0 radical (unpaired) electrons. The van der Waals surface area contributed by atoms with Crippen LogP contribution >= 0.6 is 23.2 Å². The van der Waals surface area contributed by atoms with E-state index in [0.717, 1.165) is 12.0 Å². The Morgan fingerprint density at radius 1 is 1.36 bits per heavy atom. The third-order valence-corrected chi connectivity index (χ3v) is 4.22. The van der Waals surface area contributed by atoms with Gasteiger partial charge in [0, 0.05) is 16.0 Å². The number of furan rings is 1. The summed E-state index contributed by atoms with van der Waals surface area (Å²) in [5.41, 5.74) is 0.976. The van der Waals surface area contributed by atoms with Gasteiger partial charge in [0.1, 0.15) is 11.9 Å². The topological polar surface area (TPSA) is 62.5 Å². The van der Waals surface area contributed by atoms with Gasteiger partial charge in [-0.1, -0.05) is 23.2 Å². The number of aliphatic hydroxyl groups excluding tert-OH is 1. The first kappa shape index (κ1) is 15.4. The van der Waals surface area contributed by atoms with Gasteiger partial charge >= 0.3 is 0 Å². The van der Waals surface area contributed by atoms with E-state index in [1.165, 1.54) is 6.26 Å². The molecule has 2 N–H and O–H groups in total. The van der Waals surface area contributed by atoms with Crippen molar-refractivity contribution in [2.45, 2.75) is 18.4 Å². The number of nitrogens with one attached hydrogen (secondary N) is 1. The van der Waals surface area contributed by atoms with Crippen molar-refractivity contribution in [2.24, 2.45) is 5.92 Å². The molecule has 1 fully saturated rings. The zero-order chi connectivity index (χ0) is 15.7. The van der Waals surface area contributed by atoms with Crippen molar-refractivity contribution in [3.05, 3.63) is 58.0 Å². The summed E-state index contributed by atoms with van der Waals surface area (Å²) >= 11 is 12.0. The van der Waals surface area contributed by atoms with Gasteiger partial charge in [-0.3, -0.25) is 4.79 Å².